The third-order valence-corrected chi connectivity index (χ3v) is 7.64. The summed E-state index contributed by atoms with van der Waals surface area (Å²) in [5, 5.41) is 11.4. The first kappa shape index (κ1) is 23.3. The molecule has 0 aromatic heterocycles. The lowest BCUT2D eigenvalue weighted by Gasteiger charge is -2.42. The molecular weight excluding hydrogens is 485 g/mol. The number of rotatable bonds is 5. The molecule has 0 aliphatic carbocycles. The summed E-state index contributed by atoms with van der Waals surface area (Å²) in [6, 6.07) is 23.6. The Morgan fingerprint density at radius 3 is 2.54 bits per heavy atom. The van der Waals surface area contributed by atoms with Crippen molar-refractivity contribution in [1.82, 2.24) is 4.90 Å². The Morgan fingerprint density at radius 1 is 1.09 bits per heavy atom. The number of halogens is 2. The van der Waals surface area contributed by atoms with Gasteiger partial charge in [0.1, 0.15) is 18.2 Å². The third kappa shape index (κ3) is 4.86. The van der Waals surface area contributed by atoms with Gasteiger partial charge in [0.05, 0.1) is 29.2 Å². The number of thioether (sulfide) groups is 1. The number of amides is 1. The predicted molar refractivity (Wildman–Crippen MR) is 135 cm³/mol. The topological polar surface area (TPSA) is 56.6 Å². The van der Waals surface area contributed by atoms with Crippen molar-refractivity contribution in [2.75, 3.05) is 17.4 Å². The number of carbonyl (C=O) groups is 1. The Hall–Kier alpha value is -3.47. The van der Waals surface area contributed by atoms with E-state index in [1.54, 1.807) is 17.0 Å². The lowest BCUT2D eigenvalue weighted by atomic mass is 9.86. The zero-order valence-corrected chi connectivity index (χ0v) is 20.2. The molecule has 2 heterocycles. The zero-order valence-electron chi connectivity index (χ0n) is 18.7. The van der Waals surface area contributed by atoms with Crippen LogP contribution in [0.5, 0.6) is 5.75 Å². The normalized spacial score (nSPS) is 17.7. The van der Waals surface area contributed by atoms with Gasteiger partial charge in [-0.15, -0.1) is 0 Å². The molecule has 0 saturated carbocycles. The molecule has 2 aliphatic rings. The predicted octanol–water partition coefficient (Wildman–Crippen LogP) is 6.28. The fraction of sp³-hybridized carbons (Fsp3) is 0.185. The summed E-state index contributed by atoms with van der Waals surface area (Å²) >= 11 is 7.65. The molecule has 0 spiro atoms. The maximum absolute atomic E-state index is 13.3. The van der Waals surface area contributed by atoms with Crippen LogP contribution in [0.15, 0.2) is 83.4 Å². The van der Waals surface area contributed by atoms with Crippen LogP contribution >= 0.6 is 23.4 Å². The first-order valence-corrected chi connectivity index (χ1v) is 12.4. The quantitative estimate of drug-likeness (QED) is 0.408. The molecule has 1 atom stereocenters. The first-order valence-electron chi connectivity index (χ1n) is 11.1. The van der Waals surface area contributed by atoms with Crippen LogP contribution in [-0.2, 0) is 11.4 Å². The monoisotopic (exact) mass is 505 g/mol. The van der Waals surface area contributed by atoms with E-state index in [4.69, 9.17) is 16.3 Å². The second-order valence-electron chi connectivity index (χ2n) is 8.29. The van der Waals surface area contributed by atoms with E-state index in [0.717, 1.165) is 16.8 Å². The van der Waals surface area contributed by atoms with Crippen LogP contribution in [0.2, 0.25) is 5.02 Å². The van der Waals surface area contributed by atoms with E-state index in [0.29, 0.717) is 40.5 Å². The average Bonchev–Trinajstić information content (AvgIpc) is 2.89. The van der Waals surface area contributed by atoms with Crippen molar-refractivity contribution < 1.29 is 13.9 Å². The number of anilines is 1. The highest BCUT2D eigenvalue weighted by Gasteiger charge is 2.38. The van der Waals surface area contributed by atoms with E-state index in [1.807, 2.05) is 53.4 Å². The van der Waals surface area contributed by atoms with Crippen molar-refractivity contribution in [1.29, 1.82) is 5.26 Å². The lowest BCUT2D eigenvalue weighted by Crippen LogP contribution is -2.47. The molecule has 1 saturated heterocycles. The van der Waals surface area contributed by atoms with Crippen molar-refractivity contribution in [2.45, 2.75) is 18.9 Å². The van der Waals surface area contributed by atoms with Gasteiger partial charge in [-0.05, 0) is 48.0 Å². The average molecular weight is 506 g/mol. The molecule has 2 aliphatic heterocycles. The lowest BCUT2D eigenvalue weighted by molar-refractivity contribution is -0.129. The molecular formula is C27H21ClFN3O2S. The van der Waals surface area contributed by atoms with E-state index >= 15 is 0 Å². The van der Waals surface area contributed by atoms with Gasteiger partial charge in [0.25, 0.3) is 0 Å². The van der Waals surface area contributed by atoms with Gasteiger partial charge in [-0.1, -0.05) is 53.7 Å². The highest BCUT2D eigenvalue weighted by molar-refractivity contribution is 8.03. The summed E-state index contributed by atoms with van der Waals surface area (Å²) in [5.74, 6) is 0.606. The molecule has 5 nitrogen and oxygen atoms in total. The first-order chi connectivity index (χ1) is 17.0. The van der Waals surface area contributed by atoms with Crippen molar-refractivity contribution in [3.8, 4) is 11.8 Å². The largest absolute Gasteiger partial charge is 0.489 e. The number of nitrogens with zero attached hydrogens (tertiary/aromatic N) is 3. The minimum absolute atomic E-state index is 0.0395. The Labute approximate surface area is 212 Å². The number of hydrogen-bond acceptors (Lipinski definition) is 5. The van der Waals surface area contributed by atoms with E-state index in [-0.39, 0.29) is 24.1 Å². The third-order valence-electron chi connectivity index (χ3n) is 6.12. The summed E-state index contributed by atoms with van der Waals surface area (Å²) < 4.78 is 19.2. The zero-order chi connectivity index (χ0) is 24.4. The summed E-state index contributed by atoms with van der Waals surface area (Å²) in [4.78, 5) is 16.8. The fourth-order valence-electron chi connectivity index (χ4n) is 4.24. The molecule has 0 radical (unpaired) electrons. The van der Waals surface area contributed by atoms with Crippen molar-refractivity contribution in [2.24, 2.45) is 0 Å². The van der Waals surface area contributed by atoms with Crippen molar-refractivity contribution >= 4 is 35.0 Å². The van der Waals surface area contributed by atoms with Crippen LogP contribution in [0, 0.1) is 17.1 Å². The Kier molecular flexibility index (Phi) is 6.67. The second kappa shape index (κ2) is 10.0. The SMILES string of the molecule is N#CC1=C2SCN(c3ccc(F)cc3)CN2C(=O)CC1c1ccc(OCc2ccccc2Cl)cc1. The molecule has 176 valence electrons. The van der Waals surface area contributed by atoms with Crippen LogP contribution in [0.3, 0.4) is 0 Å². The smallest absolute Gasteiger partial charge is 0.229 e. The molecule has 8 heteroatoms. The molecule has 1 amide bonds. The van der Waals surface area contributed by atoms with Gasteiger partial charge < -0.3 is 9.64 Å². The van der Waals surface area contributed by atoms with Crippen molar-refractivity contribution in [3.05, 3.63) is 105 Å². The number of ether oxygens (including phenoxy) is 1. The second-order valence-corrected chi connectivity index (χ2v) is 9.63. The van der Waals surface area contributed by atoms with Gasteiger partial charge in [-0.3, -0.25) is 9.69 Å². The Balaban J connectivity index is 1.33. The Bertz CT molecular complexity index is 1320. The van der Waals surface area contributed by atoms with Crippen LogP contribution in [0.25, 0.3) is 0 Å². The van der Waals surface area contributed by atoms with E-state index < -0.39 is 0 Å². The van der Waals surface area contributed by atoms with E-state index in [1.165, 1.54) is 23.9 Å². The molecule has 0 N–H and O–H groups in total. The number of allylic oxidation sites excluding steroid dienone is 1. The van der Waals surface area contributed by atoms with Crippen molar-refractivity contribution in [3.63, 3.8) is 0 Å². The summed E-state index contributed by atoms with van der Waals surface area (Å²) in [6.07, 6.45) is 0.212. The number of benzene rings is 3. The number of carbonyl (C=O) groups excluding carboxylic acids is 1. The van der Waals surface area contributed by atoms with Crippen LogP contribution in [0.4, 0.5) is 10.1 Å². The maximum atomic E-state index is 13.3. The molecule has 3 aromatic rings. The number of fused-ring (bicyclic) bond motifs is 1. The van der Waals surface area contributed by atoms with Crippen LogP contribution in [-0.4, -0.2) is 23.4 Å². The van der Waals surface area contributed by atoms with Gasteiger partial charge in [-0.2, -0.15) is 5.26 Å². The molecule has 0 bridgehead atoms. The van der Waals surface area contributed by atoms with Gasteiger partial charge in [0.15, 0.2) is 0 Å². The molecule has 1 unspecified atom stereocenters. The molecule has 1 fully saturated rings. The Morgan fingerprint density at radius 2 is 1.83 bits per heavy atom. The van der Waals surface area contributed by atoms with Gasteiger partial charge >= 0.3 is 0 Å². The summed E-state index contributed by atoms with van der Waals surface area (Å²) in [5.41, 5.74) is 3.22. The van der Waals surface area contributed by atoms with E-state index in [2.05, 4.69) is 6.07 Å². The molecule has 35 heavy (non-hydrogen) atoms. The highest BCUT2D eigenvalue weighted by Crippen LogP contribution is 2.43. The number of nitriles is 1. The minimum Gasteiger partial charge on any atom is -0.489 e. The van der Waals surface area contributed by atoms with Gasteiger partial charge in [0.2, 0.25) is 5.91 Å². The van der Waals surface area contributed by atoms with Gasteiger partial charge in [0, 0.05) is 28.6 Å². The summed E-state index contributed by atoms with van der Waals surface area (Å²) in [7, 11) is 0. The van der Waals surface area contributed by atoms with Gasteiger partial charge in [-0.25, -0.2) is 4.39 Å². The fourth-order valence-corrected chi connectivity index (χ4v) is 5.59. The minimum atomic E-state index is -0.304. The number of hydrogen-bond donors (Lipinski definition) is 0. The maximum Gasteiger partial charge on any atom is 0.229 e. The van der Waals surface area contributed by atoms with Crippen LogP contribution < -0.4 is 9.64 Å². The highest BCUT2D eigenvalue weighted by atomic mass is 35.5. The van der Waals surface area contributed by atoms with E-state index in [9.17, 15) is 14.4 Å². The molecule has 5 rings (SSSR count). The van der Waals surface area contributed by atoms with Crippen LogP contribution in [0.1, 0.15) is 23.5 Å². The molecule has 3 aromatic carbocycles. The summed E-state index contributed by atoms with van der Waals surface area (Å²) in [6.45, 7) is 0.685. The standard InChI is InChI=1S/C27H21ClFN3O2S/c28-25-4-2-1-3-19(25)15-34-22-11-5-18(6-12-22)23-13-26(33)32-16-31(17-35-27(32)24(23)14-30)21-9-7-20(29)8-10-21/h1-12,23H,13,15-17H2.